The summed E-state index contributed by atoms with van der Waals surface area (Å²) in [5.74, 6) is 0.962. The van der Waals surface area contributed by atoms with Crippen LogP contribution >= 0.6 is 23.4 Å². The number of furan rings is 1. The van der Waals surface area contributed by atoms with Crippen molar-refractivity contribution in [2.75, 3.05) is 19.6 Å². The van der Waals surface area contributed by atoms with Gasteiger partial charge in [-0.25, -0.2) is 0 Å². The lowest BCUT2D eigenvalue weighted by molar-refractivity contribution is -0.120. The first-order valence-electron chi connectivity index (χ1n) is 9.11. The van der Waals surface area contributed by atoms with E-state index in [9.17, 15) is 4.79 Å². The van der Waals surface area contributed by atoms with Crippen LogP contribution in [0.4, 0.5) is 0 Å². The molecule has 1 aromatic carbocycles. The van der Waals surface area contributed by atoms with Crippen LogP contribution in [0.5, 0.6) is 0 Å². The molecule has 0 aliphatic carbocycles. The van der Waals surface area contributed by atoms with E-state index in [1.54, 1.807) is 6.26 Å². The molecule has 0 unspecified atom stereocenters. The summed E-state index contributed by atoms with van der Waals surface area (Å²) in [6, 6.07) is 11.6. The Labute approximate surface area is 164 Å². The molecule has 1 fully saturated rings. The molecule has 26 heavy (non-hydrogen) atoms. The van der Waals surface area contributed by atoms with Gasteiger partial charge >= 0.3 is 0 Å². The molecule has 6 heteroatoms. The highest BCUT2D eigenvalue weighted by Crippen LogP contribution is 2.26. The van der Waals surface area contributed by atoms with Crippen LogP contribution in [0, 0.1) is 0 Å². The fourth-order valence-electron chi connectivity index (χ4n) is 3.23. The van der Waals surface area contributed by atoms with Crippen molar-refractivity contribution < 1.29 is 9.21 Å². The van der Waals surface area contributed by atoms with E-state index in [0.717, 1.165) is 23.7 Å². The van der Waals surface area contributed by atoms with Crippen molar-refractivity contribution >= 4 is 29.3 Å². The Morgan fingerprint density at radius 3 is 2.62 bits per heavy atom. The number of benzene rings is 1. The standard InChI is InChI=1S/C20H25ClN2O2S/c1-15(26-17-9-7-16(21)8-10-17)20(24)22-14-18(19-6-5-13-25-19)23-11-3-2-4-12-23/h5-10,13,15,18H,2-4,11-12,14H2,1H3,(H,22,24)/t15-,18-/m1/s1. The number of thioether (sulfide) groups is 1. The topological polar surface area (TPSA) is 45.5 Å². The average molecular weight is 393 g/mol. The van der Waals surface area contributed by atoms with E-state index in [0.29, 0.717) is 11.6 Å². The minimum absolute atomic E-state index is 0.0403. The molecule has 3 rings (SSSR count). The third kappa shape index (κ3) is 5.29. The number of nitrogens with one attached hydrogen (secondary N) is 1. The first-order valence-corrected chi connectivity index (χ1v) is 10.4. The van der Waals surface area contributed by atoms with Crippen LogP contribution < -0.4 is 5.32 Å². The third-order valence-corrected chi connectivity index (χ3v) is 6.03. The fraction of sp³-hybridized carbons (Fsp3) is 0.450. The Balaban J connectivity index is 1.57. The number of likely N-dealkylation sites (tertiary alicyclic amines) is 1. The minimum atomic E-state index is -0.171. The predicted octanol–water partition coefficient (Wildman–Crippen LogP) is 4.76. The van der Waals surface area contributed by atoms with Crippen LogP contribution in [0.15, 0.2) is 52.0 Å². The summed E-state index contributed by atoms with van der Waals surface area (Å²) in [6.07, 6.45) is 5.39. The monoisotopic (exact) mass is 392 g/mol. The molecule has 0 saturated carbocycles. The van der Waals surface area contributed by atoms with Gasteiger partial charge in [0.15, 0.2) is 0 Å². The Hall–Kier alpha value is -1.43. The number of hydrogen-bond donors (Lipinski definition) is 1. The molecule has 0 radical (unpaired) electrons. The lowest BCUT2D eigenvalue weighted by atomic mass is 10.1. The zero-order valence-electron chi connectivity index (χ0n) is 15.0. The molecule has 1 aliphatic heterocycles. The summed E-state index contributed by atoms with van der Waals surface area (Å²) in [4.78, 5) is 16.0. The quantitative estimate of drug-likeness (QED) is 0.690. The zero-order valence-corrected chi connectivity index (χ0v) is 16.6. The Bertz CT molecular complexity index is 684. The third-order valence-electron chi connectivity index (χ3n) is 4.67. The van der Waals surface area contributed by atoms with Gasteiger partial charge in [0.1, 0.15) is 5.76 Å². The van der Waals surface area contributed by atoms with Gasteiger partial charge in [-0.1, -0.05) is 18.0 Å². The maximum Gasteiger partial charge on any atom is 0.233 e. The highest BCUT2D eigenvalue weighted by atomic mass is 35.5. The predicted molar refractivity (Wildman–Crippen MR) is 107 cm³/mol. The maximum atomic E-state index is 12.6. The number of halogens is 1. The Kier molecular flexibility index (Phi) is 7.06. The smallest absolute Gasteiger partial charge is 0.233 e. The van der Waals surface area contributed by atoms with E-state index in [2.05, 4.69) is 10.2 Å². The number of carbonyl (C=O) groups excluding carboxylic acids is 1. The second kappa shape index (κ2) is 9.49. The van der Waals surface area contributed by atoms with Crippen molar-refractivity contribution in [1.29, 1.82) is 0 Å². The maximum absolute atomic E-state index is 12.6. The molecule has 1 aromatic heterocycles. The number of piperidine rings is 1. The van der Waals surface area contributed by atoms with Crippen molar-refractivity contribution in [3.63, 3.8) is 0 Å². The zero-order chi connectivity index (χ0) is 18.4. The molecule has 1 aliphatic rings. The number of nitrogens with zero attached hydrogens (tertiary/aromatic N) is 1. The normalized spacial score (nSPS) is 17.6. The van der Waals surface area contributed by atoms with E-state index in [1.807, 2.05) is 43.3 Å². The van der Waals surface area contributed by atoms with Gasteiger partial charge in [0.25, 0.3) is 0 Å². The highest BCUT2D eigenvalue weighted by Gasteiger charge is 2.25. The van der Waals surface area contributed by atoms with Gasteiger partial charge in [-0.05, 0) is 69.3 Å². The molecule has 140 valence electrons. The summed E-state index contributed by atoms with van der Waals surface area (Å²) in [6.45, 7) is 4.60. The van der Waals surface area contributed by atoms with Gasteiger partial charge in [0.05, 0.1) is 17.6 Å². The molecular weight excluding hydrogens is 368 g/mol. The molecule has 1 saturated heterocycles. The molecule has 1 amide bonds. The fourth-order valence-corrected chi connectivity index (χ4v) is 4.25. The summed E-state index contributed by atoms with van der Waals surface area (Å²) >= 11 is 7.45. The lowest BCUT2D eigenvalue weighted by Gasteiger charge is -2.33. The van der Waals surface area contributed by atoms with Crippen LogP contribution in [0.2, 0.25) is 5.02 Å². The van der Waals surface area contributed by atoms with Gasteiger partial charge in [-0.15, -0.1) is 11.8 Å². The van der Waals surface area contributed by atoms with Crippen molar-refractivity contribution in [2.24, 2.45) is 0 Å². The molecule has 2 aromatic rings. The van der Waals surface area contributed by atoms with E-state index >= 15 is 0 Å². The number of amides is 1. The molecule has 0 spiro atoms. The molecule has 2 atom stereocenters. The number of rotatable bonds is 7. The van der Waals surface area contributed by atoms with Gasteiger partial charge in [0.2, 0.25) is 5.91 Å². The number of carbonyl (C=O) groups is 1. The molecule has 2 heterocycles. The van der Waals surface area contributed by atoms with Gasteiger partial charge in [0, 0.05) is 16.5 Å². The van der Waals surface area contributed by atoms with Crippen molar-refractivity contribution in [3.8, 4) is 0 Å². The van der Waals surface area contributed by atoms with Crippen LogP contribution in [-0.4, -0.2) is 35.7 Å². The highest BCUT2D eigenvalue weighted by molar-refractivity contribution is 8.00. The van der Waals surface area contributed by atoms with Crippen LogP contribution in [-0.2, 0) is 4.79 Å². The minimum Gasteiger partial charge on any atom is -0.468 e. The average Bonchev–Trinajstić information content (AvgIpc) is 3.19. The lowest BCUT2D eigenvalue weighted by Crippen LogP contribution is -2.42. The van der Waals surface area contributed by atoms with Crippen molar-refractivity contribution in [2.45, 2.75) is 42.4 Å². The summed E-state index contributed by atoms with van der Waals surface area (Å²) in [5, 5.41) is 3.64. The first-order chi connectivity index (χ1) is 12.6. The Morgan fingerprint density at radius 1 is 1.23 bits per heavy atom. The van der Waals surface area contributed by atoms with Crippen molar-refractivity contribution in [1.82, 2.24) is 10.2 Å². The van der Waals surface area contributed by atoms with Gasteiger partial charge in [-0.2, -0.15) is 0 Å². The van der Waals surface area contributed by atoms with Crippen molar-refractivity contribution in [3.05, 3.63) is 53.4 Å². The molecule has 4 nitrogen and oxygen atoms in total. The molecular formula is C20H25ClN2O2S. The van der Waals surface area contributed by atoms with E-state index in [-0.39, 0.29) is 17.2 Å². The van der Waals surface area contributed by atoms with Crippen LogP contribution in [0.25, 0.3) is 0 Å². The molecule has 0 bridgehead atoms. The second-order valence-electron chi connectivity index (χ2n) is 6.59. The summed E-state index contributed by atoms with van der Waals surface area (Å²) < 4.78 is 5.64. The summed E-state index contributed by atoms with van der Waals surface area (Å²) in [5.41, 5.74) is 0. The van der Waals surface area contributed by atoms with E-state index < -0.39 is 0 Å². The van der Waals surface area contributed by atoms with E-state index in [4.69, 9.17) is 16.0 Å². The van der Waals surface area contributed by atoms with Gasteiger partial charge < -0.3 is 9.73 Å². The summed E-state index contributed by atoms with van der Waals surface area (Å²) in [7, 11) is 0. The van der Waals surface area contributed by atoms with E-state index in [1.165, 1.54) is 31.0 Å². The first kappa shape index (κ1) is 19.3. The largest absolute Gasteiger partial charge is 0.468 e. The Morgan fingerprint density at radius 2 is 1.96 bits per heavy atom. The molecule has 1 N–H and O–H groups in total. The van der Waals surface area contributed by atoms with Crippen LogP contribution in [0.1, 0.15) is 38.0 Å². The number of hydrogen-bond acceptors (Lipinski definition) is 4. The van der Waals surface area contributed by atoms with Crippen LogP contribution in [0.3, 0.4) is 0 Å². The van der Waals surface area contributed by atoms with Gasteiger partial charge in [-0.3, -0.25) is 9.69 Å². The second-order valence-corrected chi connectivity index (χ2v) is 8.44. The SMILES string of the molecule is C[C@@H](Sc1ccc(Cl)cc1)C(=O)NC[C@H](c1ccco1)N1CCCCC1.